The molecule has 0 unspecified atom stereocenters. The predicted molar refractivity (Wildman–Crippen MR) is 68.4 cm³/mol. The van der Waals surface area contributed by atoms with Gasteiger partial charge in [-0.15, -0.1) is 0 Å². The maximum Gasteiger partial charge on any atom is 0.273 e. The van der Waals surface area contributed by atoms with E-state index < -0.39 is 21.7 Å². The Morgan fingerprint density at radius 1 is 1.32 bits per heavy atom. The molecule has 2 rings (SSSR count). The summed E-state index contributed by atoms with van der Waals surface area (Å²) in [7, 11) is -3.92. The van der Waals surface area contributed by atoms with E-state index in [4.69, 9.17) is 5.73 Å². The van der Waals surface area contributed by atoms with E-state index in [1.165, 1.54) is 6.92 Å². The monoisotopic (exact) mass is 305 g/mol. The molecule has 102 valence electrons. The number of rotatable bonds is 3. The Bertz CT molecular complexity index is 728. The van der Waals surface area contributed by atoms with Crippen molar-refractivity contribution in [3.63, 3.8) is 0 Å². The van der Waals surface area contributed by atoms with Gasteiger partial charge >= 0.3 is 0 Å². The van der Waals surface area contributed by atoms with Crippen LogP contribution in [0.1, 0.15) is 5.69 Å². The highest BCUT2D eigenvalue weighted by Gasteiger charge is 2.21. The number of benzene rings is 1. The van der Waals surface area contributed by atoms with Crippen LogP contribution in [0.2, 0.25) is 0 Å². The van der Waals surface area contributed by atoms with E-state index in [1.807, 2.05) is 0 Å². The van der Waals surface area contributed by atoms with Crippen LogP contribution >= 0.6 is 11.3 Å². The van der Waals surface area contributed by atoms with E-state index in [2.05, 4.69) is 9.71 Å². The lowest BCUT2D eigenvalue weighted by molar-refractivity contribution is 0.509. The van der Waals surface area contributed by atoms with Crippen molar-refractivity contribution in [1.29, 1.82) is 0 Å². The third-order valence-electron chi connectivity index (χ3n) is 2.19. The molecule has 3 N–H and O–H groups in total. The fourth-order valence-electron chi connectivity index (χ4n) is 1.41. The number of aryl methyl sites for hydroxylation is 1. The molecule has 1 aromatic heterocycles. The van der Waals surface area contributed by atoms with Gasteiger partial charge in [0.1, 0.15) is 0 Å². The Morgan fingerprint density at radius 2 is 2.00 bits per heavy atom. The van der Waals surface area contributed by atoms with Crippen molar-refractivity contribution < 1.29 is 17.2 Å². The zero-order valence-electron chi connectivity index (χ0n) is 9.65. The van der Waals surface area contributed by atoms with Gasteiger partial charge in [0.2, 0.25) is 0 Å². The molecular weight excluding hydrogens is 296 g/mol. The summed E-state index contributed by atoms with van der Waals surface area (Å²) in [5.41, 5.74) is 5.59. The molecule has 0 amide bonds. The molecule has 0 bridgehead atoms. The van der Waals surface area contributed by atoms with Gasteiger partial charge < -0.3 is 5.73 Å². The molecule has 0 saturated heterocycles. The highest BCUT2D eigenvalue weighted by Crippen LogP contribution is 2.27. The molecule has 0 aliphatic carbocycles. The van der Waals surface area contributed by atoms with Crippen molar-refractivity contribution >= 4 is 32.2 Å². The second-order valence-corrected chi connectivity index (χ2v) is 6.57. The van der Waals surface area contributed by atoms with Crippen LogP contribution in [-0.4, -0.2) is 13.4 Å². The normalized spacial score (nSPS) is 11.5. The summed E-state index contributed by atoms with van der Waals surface area (Å²) >= 11 is 0.796. The number of halogens is 2. The van der Waals surface area contributed by atoms with Gasteiger partial charge in [0.25, 0.3) is 10.0 Å². The third-order valence-corrected chi connectivity index (χ3v) is 5.16. The topological polar surface area (TPSA) is 85.1 Å². The van der Waals surface area contributed by atoms with Crippen LogP contribution in [0.5, 0.6) is 0 Å². The van der Waals surface area contributed by atoms with Gasteiger partial charge in [-0.1, -0.05) is 11.3 Å². The highest BCUT2D eigenvalue weighted by atomic mass is 32.2. The van der Waals surface area contributed by atoms with E-state index in [1.54, 1.807) is 0 Å². The first-order valence-electron chi connectivity index (χ1n) is 5.00. The lowest BCUT2D eigenvalue weighted by atomic mass is 10.3. The molecule has 19 heavy (non-hydrogen) atoms. The molecule has 9 heteroatoms. The van der Waals surface area contributed by atoms with Crippen LogP contribution < -0.4 is 10.5 Å². The first-order valence-corrected chi connectivity index (χ1v) is 7.30. The van der Waals surface area contributed by atoms with Crippen LogP contribution in [0, 0.1) is 18.6 Å². The number of hydrogen-bond acceptors (Lipinski definition) is 5. The standard InChI is InChI=1S/C10H9F2N3O2S2/c1-5-9(18-10(13)14-5)19(16,17)15-6-2-3-7(11)8(12)4-6/h2-4,15H,1H3,(H2,13,14). The summed E-state index contributed by atoms with van der Waals surface area (Å²) in [6.07, 6.45) is 0. The number of anilines is 2. The average molecular weight is 305 g/mol. The van der Waals surface area contributed by atoms with Gasteiger partial charge in [-0.2, -0.15) is 0 Å². The summed E-state index contributed by atoms with van der Waals surface area (Å²) < 4.78 is 51.9. The Balaban J connectivity index is 2.36. The van der Waals surface area contributed by atoms with E-state index in [0.717, 1.165) is 29.5 Å². The van der Waals surface area contributed by atoms with E-state index in [-0.39, 0.29) is 20.7 Å². The second-order valence-electron chi connectivity index (χ2n) is 3.66. The minimum absolute atomic E-state index is 0.0604. The number of thiazole rings is 1. The maximum absolute atomic E-state index is 13.0. The van der Waals surface area contributed by atoms with Crippen molar-refractivity contribution in [2.24, 2.45) is 0 Å². The zero-order chi connectivity index (χ0) is 14.2. The van der Waals surface area contributed by atoms with Crippen molar-refractivity contribution in [3.8, 4) is 0 Å². The van der Waals surface area contributed by atoms with Gasteiger partial charge in [-0.25, -0.2) is 22.2 Å². The fourth-order valence-corrected chi connectivity index (χ4v) is 3.76. The number of nitrogens with two attached hydrogens (primary N) is 1. The Morgan fingerprint density at radius 3 is 2.53 bits per heavy atom. The second kappa shape index (κ2) is 4.74. The van der Waals surface area contributed by atoms with E-state index >= 15 is 0 Å². The zero-order valence-corrected chi connectivity index (χ0v) is 11.3. The minimum Gasteiger partial charge on any atom is -0.375 e. The lowest BCUT2D eigenvalue weighted by Gasteiger charge is -2.06. The van der Waals surface area contributed by atoms with E-state index in [0.29, 0.717) is 0 Å². The Hall–Kier alpha value is -1.74. The van der Waals surface area contributed by atoms with Gasteiger partial charge in [-0.05, 0) is 19.1 Å². The first-order chi connectivity index (χ1) is 8.79. The fraction of sp³-hybridized carbons (Fsp3) is 0.100. The van der Waals surface area contributed by atoms with E-state index in [9.17, 15) is 17.2 Å². The molecule has 0 aliphatic heterocycles. The summed E-state index contributed by atoms with van der Waals surface area (Å²) in [6.45, 7) is 1.49. The van der Waals surface area contributed by atoms with Crippen molar-refractivity contribution in [3.05, 3.63) is 35.5 Å². The Labute approximate surface area is 112 Å². The number of aromatic nitrogens is 1. The average Bonchev–Trinajstić information content (AvgIpc) is 2.63. The quantitative estimate of drug-likeness (QED) is 0.909. The summed E-state index contributed by atoms with van der Waals surface area (Å²) in [6, 6.07) is 2.71. The van der Waals surface area contributed by atoms with Crippen LogP contribution in [0.4, 0.5) is 19.6 Å². The van der Waals surface area contributed by atoms with Gasteiger partial charge in [-0.3, -0.25) is 4.72 Å². The van der Waals surface area contributed by atoms with Crippen molar-refractivity contribution in [2.75, 3.05) is 10.5 Å². The minimum atomic E-state index is -3.92. The summed E-state index contributed by atoms with van der Waals surface area (Å²) in [5.74, 6) is -2.19. The van der Waals surface area contributed by atoms with Gasteiger partial charge in [0, 0.05) is 6.07 Å². The molecule has 0 spiro atoms. The number of nitrogen functional groups attached to an aromatic ring is 1. The highest BCUT2D eigenvalue weighted by molar-refractivity contribution is 7.94. The number of hydrogen-bond donors (Lipinski definition) is 2. The van der Waals surface area contributed by atoms with Crippen molar-refractivity contribution in [1.82, 2.24) is 4.98 Å². The number of nitrogens with zero attached hydrogens (tertiary/aromatic N) is 1. The lowest BCUT2D eigenvalue weighted by Crippen LogP contribution is -2.13. The molecule has 2 aromatic rings. The third kappa shape index (κ3) is 2.82. The molecule has 1 aromatic carbocycles. The number of sulfonamides is 1. The van der Waals surface area contributed by atoms with Gasteiger partial charge in [0.15, 0.2) is 21.0 Å². The summed E-state index contributed by atoms with van der Waals surface area (Å²) in [5, 5.41) is 0.114. The molecular formula is C10H9F2N3O2S2. The van der Waals surface area contributed by atoms with Gasteiger partial charge in [0.05, 0.1) is 11.4 Å². The molecule has 0 aliphatic rings. The molecule has 0 atom stereocenters. The first kappa shape index (κ1) is 13.7. The smallest absolute Gasteiger partial charge is 0.273 e. The van der Waals surface area contributed by atoms with Crippen LogP contribution in [0.15, 0.2) is 22.4 Å². The largest absolute Gasteiger partial charge is 0.375 e. The molecule has 0 radical (unpaired) electrons. The maximum atomic E-state index is 13.0. The molecule has 0 fully saturated rings. The van der Waals surface area contributed by atoms with Crippen LogP contribution in [-0.2, 0) is 10.0 Å². The molecule has 0 saturated carbocycles. The predicted octanol–water partition coefficient (Wildman–Crippen LogP) is 2.11. The SMILES string of the molecule is Cc1nc(N)sc1S(=O)(=O)Nc1ccc(F)c(F)c1. The van der Waals surface area contributed by atoms with Crippen molar-refractivity contribution in [2.45, 2.75) is 11.1 Å². The summed E-state index contributed by atoms with van der Waals surface area (Å²) in [4.78, 5) is 3.79. The molecule has 5 nitrogen and oxygen atoms in total. The van der Waals surface area contributed by atoms with Crippen LogP contribution in [0.3, 0.4) is 0 Å². The number of nitrogens with one attached hydrogen (secondary N) is 1. The molecule has 1 heterocycles. The van der Waals surface area contributed by atoms with Crippen LogP contribution in [0.25, 0.3) is 0 Å². The Kier molecular flexibility index (Phi) is 3.42.